The van der Waals surface area contributed by atoms with Gasteiger partial charge in [-0.1, -0.05) is 214 Å². The lowest BCUT2D eigenvalue weighted by Gasteiger charge is -2.16. The van der Waals surface area contributed by atoms with E-state index in [0.29, 0.717) is 24.8 Å². The van der Waals surface area contributed by atoms with Gasteiger partial charge in [0.15, 0.2) is 0 Å². The van der Waals surface area contributed by atoms with Crippen molar-refractivity contribution in [1.29, 1.82) is 0 Å². The van der Waals surface area contributed by atoms with Crippen molar-refractivity contribution in [3.8, 4) is 0 Å². The summed E-state index contributed by atoms with van der Waals surface area (Å²) in [7, 11) is 0. The number of allylic oxidation sites excluding steroid dienone is 1. The number of fused-ring (bicyclic) bond motifs is 4. The van der Waals surface area contributed by atoms with Crippen LogP contribution in [0.25, 0.3) is 40.9 Å². The van der Waals surface area contributed by atoms with Crippen molar-refractivity contribution in [2.45, 2.75) is 81.6 Å². The maximum atomic E-state index is 12.2. The smallest absolute Gasteiger partial charge is 0.330 e. The first kappa shape index (κ1) is 77.9. The minimum Gasteiger partial charge on any atom is -0.463 e. The first-order valence-corrected chi connectivity index (χ1v) is 37.5. The predicted molar refractivity (Wildman–Crippen MR) is 443 cm³/mol. The number of amides is 1. The Kier molecular flexibility index (Phi) is 29.3. The summed E-state index contributed by atoms with van der Waals surface area (Å²) in [6, 6.07) is 57.1. The molecule has 17 nitrogen and oxygen atoms in total. The molecule has 0 saturated heterocycles. The molecule has 12 rings (SSSR count). The Morgan fingerprint density at radius 3 is 1.16 bits per heavy atom. The summed E-state index contributed by atoms with van der Waals surface area (Å²) < 4.78 is 14.7. The minimum absolute atomic E-state index is 0.199. The molecule has 4 heterocycles. The molecule has 0 saturated carbocycles. The van der Waals surface area contributed by atoms with Crippen LogP contribution in [0.3, 0.4) is 0 Å². The number of para-hydroxylation sites is 4. The lowest BCUT2D eigenvalue weighted by atomic mass is 10.1. The Labute approximate surface area is 630 Å². The number of esters is 2. The fraction of sp³-hybridized carbons (Fsp3) is 0.202. The number of hydrogen-bond acceptors (Lipinski definition) is 20. The normalized spacial score (nSPS) is 11.2. The van der Waals surface area contributed by atoms with Gasteiger partial charge in [0.1, 0.15) is 6.61 Å². The van der Waals surface area contributed by atoms with Gasteiger partial charge in [-0.3, -0.25) is 4.79 Å². The van der Waals surface area contributed by atoms with Crippen LogP contribution in [-0.4, -0.2) is 95.5 Å². The van der Waals surface area contributed by atoms with Gasteiger partial charge in [-0.15, -0.1) is 6.58 Å². The molecular formula is C84H86N12O5S4. The number of carbonyl (C=O) groups is 3. The second kappa shape index (κ2) is 39.4. The largest absolute Gasteiger partial charge is 0.463 e. The summed E-state index contributed by atoms with van der Waals surface area (Å²) in [5.41, 5.74) is 17.4. The SMILES string of the molecule is C/C=C/C(=O)OCCCCCN(/N=C/c1cc(C)ccc1C)c1nc2ccccc2s1.C=CC(=O)N(/N=C/c1cc(C)ccc1C)c1nc2ccccc2s1.C=CC(=O)OCCN(/N=C/c1cc(C)ccc1C)c1nc2ccccc2s1.C=CCN(/N=C/c1cc(C)ccc1C)c1nc2ccccc2s1. The number of aryl methyl sites for hydroxylation is 8. The zero-order valence-electron chi connectivity index (χ0n) is 60.7. The van der Waals surface area contributed by atoms with Crippen LogP contribution in [0.1, 0.15) is 92.9 Å². The molecule has 0 aliphatic carbocycles. The Hall–Kier alpha value is -11.2. The van der Waals surface area contributed by atoms with Gasteiger partial charge in [-0.2, -0.15) is 25.4 Å². The first-order valence-electron chi connectivity index (χ1n) is 34.2. The van der Waals surface area contributed by atoms with E-state index < -0.39 is 5.97 Å². The summed E-state index contributed by atoms with van der Waals surface area (Å²) in [4.78, 5) is 53.5. The van der Waals surface area contributed by atoms with Gasteiger partial charge in [-0.05, 0) is 181 Å². The van der Waals surface area contributed by atoms with Crippen LogP contribution in [0.5, 0.6) is 0 Å². The molecule has 0 radical (unpaired) electrons. The molecule has 0 unspecified atom stereocenters. The molecule has 0 N–H and O–H groups in total. The number of benzene rings is 8. The Morgan fingerprint density at radius 2 is 0.771 bits per heavy atom. The van der Waals surface area contributed by atoms with Gasteiger partial charge in [0.2, 0.25) is 20.5 Å². The lowest BCUT2D eigenvalue weighted by molar-refractivity contribution is -0.138. The van der Waals surface area contributed by atoms with Gasteiger partial charge in [-0.25, -0.2) is 44.6 Å². The average molecular weight is 1470 g/mol. The number of rotatable bonds is 26. The molecule has 0 aliphatic heterocycles. The monoisotopic (exact) mass is 1470 g/mol. The number of hydrazone groups is 4. The summed E-state index contributed by atoms with van der Waals surface area (Å²) in [6.07, 6.45) is 17.4. The third kappa shape index (κ3) is 23.1. The summed E-state index contributed by atoms with van der Waals surface area (Å²) >= 11 is 6.27. The molecule has 1 amide bonds. The highest BCUT2D eigenvalue weighted by Crippen LogP contribution is 2.33. The van der Waals surface area contributed by atoms with Crippen molar-refractivity contribution >= 4 is 149 Å². The molecule has 0 fully saturated rings. The summed E-state index contributed by atoms with van der Waals surface area (Å²) in [5, 5.41) is 28.4. The Bertz CT molecular complexity index is 5010. The van der Waals surface area contributed by atoms with Gasteiger partial charge >= 0.3 is 11.9 Å². The van der Waals surface area contributed by atoms with E-state index in [1.54, 1.807) is 58.2 Å². The van der Waals surface area contributed by atoms with Crippen LogP contribution in [-0.2, 0) is 23.9 Å². The first-order chi connectivity index (χ1) is 50.9. The van der Waals surface area contributed by atoms with E-state index in [4.69, 9.17) is 19.6 Å². The number of carbonyl (C=O) groups excluding carboxylic acids is 3. The number of unbranched alkanes of at least 4 members (excludes halogenated alkanes) is 2. The van der Waals surface area contributed by atoms with Gasteiger partial charge in [0, 0.05) is 18.7 Å². The summed E-state index contributed by atoms with van der Waals surface area (Å²) in [6.45, 7) is 31.5. The van der Waals surface area contributed by atoms with Gasteiger partial charge in [0.05, 0.1) is 85.4 Å². The zero-order chi connectivity index (χ0) is 74.6. The van der Waals surface area contributed by atoms with Crippen molar-refractivity contribution in [3.05, 3.63) is 287 Å². The molecule has 0 spiro atoms. The van der Waals surface area contributed by atoms with Crippen molar-refractivity contribution in [2.75, 3.05) is 52.9 Å². The summed E-state index contributed by atoms with van der Waals surface area (Å²) in [5.74, 6) is -1.04. The third-order valence-corrected chi connectivity index (χ3v) is 20.2. The molecule has 0 bridgehead atoms. The van der Waals surface area contributed by atoms with E-state index in [9.17, 15) is 14.4 Å². The van der Waals surface area contributed by atoms with Gasteiger partial charge in [0.25, 0.3) is 5.91 Å². The van der Waals surface area contributed by atoms with Crippen molar-refractivity contribution in [3.63, 3.8) is 0 Å². The molecule has 536 valence electrons. The van der Waals surface area contributed by atoms with Crippen molar-refractivity contribution in [1.82, 2.24) is 19.9 Å². The molecular weight excluding hydrogens is 1390 g/mol. The maximum absolute atomic E-state index is 12.2. The highest BCUT2D eigenvalue weighted by molar-refractivity contribution is 7.23. The molecule has 4 aromatic heterocycles. The fourth-order valence-corrected chi connectivity index (χ4v) is 13.9. The molecule has 0 atom stereocenters. The zero-order valence-corrected chi connectivity index (χ0v) is 63.9. The Balaban J connectivity index is 0.000000163. The lowest BCUT2D eigenvalue weighted by Crippen LogP contribution is -2.23. The van der Waals surface area contributed by atoms with E-state index >= 15 is 0 Å². The van der Waals surface area contributed by atoms with E-state index in [1.165, 1.54) is 61.0 Å². The number of anilines is 4. The quantitative estimate of drug-likeness (QED) is 0.0125. The van der Waals surface area contributed by atoms with Crippen LogP contribution in [0.2, 0.25) is 0 Å². The van der Waals surface area contributed by atoms with E-state index in [2.05, 4.69) is 158 Å². The van der Waals surface area contributed by atoms with Crippen molar-refractivity contribution in [2.24, 2.45) is 20.4 Å². The number of ether oxygens (including phenoxy) is 2. The van der Waals surface area contributed by atoms with Crippen LogP contribution >= 0.6 is 45.3 Å². The number of hydrogen-bond donors (Lipinski definition) is 0. The molecule has 12 aromatic rings. The van der Waals surface area contributed by atoms with Gasteiger partial charge < -0.3 is 9.47 Å². The Morgan fingerprint density at radius 1 is 0.410 bits per heavy atom. The molecule has 0 aliphatic rings. The number of aromatic nitrogens is 4. The second-order valence-electron chi connectivity index (χ2n) is 24.3. The topological polar surface area (TPSA) is 184 Å². The van der Waals surface area contributed by atoms with Crippen LogP contribution in [0.4, 0.5) is 20.5 Å². The second-order valence-corrected chi connectivity index (χ2v) is 28.4. The van der Waals surface area contributed by atoms with E-state index in [0.717, 1.165) is 122 Å². The minimum atomic E-state index is -0.447. The standard InChI is InChI=1S/C25H29N3O2S.C21H21N3O2S.C19H17N3OS.C19H19N3S/c1-4-10-24(29)30-16-9-5-8-15-28(25-27-22-11-6-7-12-23(22)31-25)26-18-21-17-19(2)13-14-20(21)3;1-4-20(25)26-12-11-24(21-23-18-7-5-6-8-19(18)27-21)22-14-17-13-15(2)9-10-16(17)3;1-4-18(23)22(19-21-16-7-5-6-8-17(16)24-19)20-12-15-11-13(2)9-10-14(15)3;1-4-11-22(19-21-17-7-5-6-8-18(17)23-19)20-13-16-12-14(2)9-10-15(16)3/h4,6-7,10-14,17-18H,5,8-9,15-16H2,1-3H3;4-10,13-14H,1,11-12H2,2-3H3;4-12H,1H2,2-3H3;4-10,12-13H,1,11H2,2-3H3/b10-4+,26-18+;22-14+;20-12+;20-13+. The fourth-order valence-electron chi connectivity index (χ4n) is 10.2. The highest BCUT2D eigenvalue weighted by atomic mass is 32.1. The predicted octanol–water partition coefficient (Wildman–Crippen LogP) is 19.9. The van der Waals surface area contributed by atoms with Crippen LogP contribution < -0.4 is 20.0 Å². The molecule has 8 aromatic carbocycles. The van der Waals surface area contributed by atoms with Crippen LogP contribution in [0, 0.1) is 55.4 Å². The highest BCUT2D eigenvalue weighted by Gasteiger charge is 2.19. The maximum Gasteiger partial charge on any atom is 0.330 e. The number of nitrogens with zero attached hydrogens (tertiary/aromatic N) is 12. The van der Waals surface area contributed by atoms with E-state index in [-0.39, 0.29) is 18.5 Å². The molecule has 21 heteroatoms. The molecule has 105 heavy (non-hydrogen) atoms. The number of thiazole rings is 4. The third-order valence-electron chi connectivity index (χ3n) is 16.0. The average Bonchev–Trinajstić information content (AvgIpc) is 1.72. The van der Waals surface area contributed by atoms with Crippen LogP contribution in [0.15, 0.2) is 240 Å². The van der Waals surface area contributed by atoms with E-state index in [1.807, 2.05) is 152 Å². The van der Waals surface area contributed by atoms with Crippen molar-refractivity contribution < 1.29 is 23.9 Å².